The van der Waals surface area contributed by atoms with Crippen LogP contribution in [-0.2, 0) is 0 Å². The van der Waals surface area contributed by atoms with Crippen LogP contribution in [0.3, 0.4) is 0 Å². The highest BCUT2D eigenvalue weighted by molar-refractivity contribution is 7.26. The molecule has 0 aliphatic carbocycles. The molecule has 0 fully saturated rings. The Labute approximate surface area is 318 Å². The van der Waals surface area contributed by atoms with E-state index in [9.17, 15) is 0 Å². The summed E-state index contributed by atoms with van der Waals surface area (Å²) in [6.45, 7) is 0. The first-order valence-corrected chi connectivity index (χ1v) is 19.5. The van der Waals surface area contributed by atoms with Crippen molar-refractivity contribution in [2.24, 2.45) is 0 Å². The summed E-state index contributed by atoms with van der Waals surface area (Å²) >= 11 is 3.49. The molecule has 3 heterocycles. The van der Waals surface area contributed by atoms with Gasteiger partial charge in [0, 0.05) is 42.4 Å². The highest BCUT2D eigenvalue weighted by atomic mass is 32.1. The monoisotopic (exact) mass is 724 g/mol. The van der Waals surface area contributed by atoms with Crippen molar-refractivity contribution in [3.63, 3.8) is 0 Å². The molecule has 4 nitrogen and oxygen atoms in total. The van der Waals surface area contributed by atoms with Gasteiger partial charge in [0.1, 0.15) is 5.01 Å². The minimum Gasteiger partial charge on any atom is -0.236 e. The Morgan fingerprint density at radius 2 is 1.00 bits per heavy atom. The number of aromatic nitrogens is 4. The first-order chi connectivity index (χ1) is 26.7. The van der Waals surface area contributed by atoms with E-state index in [2.05, 4.69) is 152 Å². The van der Waals surface area contributed by atoms with E-state index in [1.807, 2.05) is 18.2 Å². The van der Waals surface area contributed by atoms with Gasteiger partial charge >= 0.3 is 0 Å². The van der Waals surface area contributed by atoms with E-state index < -0.39 is 0 Å². The lowest BCUT2D eigenvalue weighted by atomic mass is 9.95. The van der Waals surface area contributed by atoms with Gasteiger partial charge in [-0.1, -0.05) is 140 Å². The molecule has 6 heteroatoms. The summed E-state index contributed by atoms with van der Waals surface area (Å²) in [6.07, 6.45) is 0. The summed E-state index contributed by atoms with van der Waals surface area (Å²) in [6, 6.07) is 59.7. The molecule has 0 radical (unpaired) electrons. The van der Waals surface area contributed by atoms with Gasteiger partial charge in [-0.25, -0.2) is 19.9 Å². The van der Waals surface area contributed by atoms with E-state index in [0.717, 1.165) is 64.1 Å². The summed E-state index contributed by atoms with van der Waals surface area (Å²) in [5.74, 6) is 1.90. The number of hydrogen-bond donors (Lipinski definition) is 0. The van der Waals surface area contributed by atoms with E-state index in [4.69, 9.17) is 19.9 Å². The Bertz CT molecular complexity index is 3220. The maximum Gasteiger partial charge on any atom is 0.166 e. The predicted molar refractivity (Wildman–Crippen MR) is 228 cm³/mol. The summed E-state index contributed by atoms with van der Waals surface area (Å²) < 4.78 is 3.45. The normalized spacial score (nSPS) is 11.7. The van der Waals surface area contributed by atoms with Crippen molar-refractivity contribution < 1.29 is 0 Å². The summed E-state index contributed by atoms with van der Waals surface area (Å²) in [7, 11) is 0. The average molecular weight is 725 g/mol. The molecule has 0 bridgehead atoms. The highest BCUT2D eigenvalue weighted by Gasteiger charge is 2.23. The second-order valence-electron chi connectivity index (χ2n) is 13.4. The van der Waals surface area contributed by atoms with Gasteiger partial charge in [0.25, 0.3) is 0 Å². The molecule has 0 N–H and O–H groups in total. The fraction of sp³-hybridized carbons (Fsp3) is 0. The fourth-order valence-corrected chi connectivity index (χ4v) is 9.79. The number of nitrogens with zero attached hydrogens (tertiary/aromatic N) is 4. The van der Waals surface area contributed by atoms with Crippen molar-refractivity contribution in [2.75, 3.05) is 0 Å². The van der Waals surface area contributed by atoms with Crippen LogP contribution in [0.25, 0.3) is 108 Å². The molecule has 0 saturated carbocycles. The molecule has 252 valence electrons. The molecule has 11 aromatic rings. The van der Waals surface area contributed by atoms with Crippen LogP contribution in [0, 0.1) is 0 Å². The van der Waals surface area contributed by atoms with Gasteiger partial charge < -0.3 is 0 Å². The first kappa shape index (κ1) is 31.0. The molecular weight excluding hydrogens is 697 g/mol. The van der Waals surface area contributed by atoms with Crippen molar-refractivity contribution >= 4 is 74.6 Å². The topological polar surface area (TPSA) is 51.6 Å². The van der Waals surface area contributed by atoms with Crippen LogP contribution in [0.15, 0.2) is 170 Å². The number of fused-ring (bicyclic) bond motifs is 6. The van der Waals surface area contributed by atoms with Crippen LogP contribution in [0.5, 0.6) is 0 Å². The number of benzene rings is 8. The van der Waals surface area contributed by atoms with Crippen LogP contribution >= 0.6 is 22.7 Å². The number of hydrogen-bond acceptors (Lipinski definition) is 6. The van der Waals surface area contributed by atoms with Crippen LogP contribution in [0.4, 0.5) is 0 Å². The molecule has 8 aromatic carbocycles. The van der Waals surface area contributed by atoms with E-state index in [1.54, 1.807) is 22.7 Å². The minimum atomic E-state index is 0.630. The Morgan fingerprint density at radius 1 is 0.370 bits per heavy atom. The Balaban J connectivity index is 1.21. The Morgan fingerprint density at radius 3 is 1.81 bits per heavy atom. The maximum absolute atomic E-state index is 5.41. The Kier molecular flexibility index (Phi) is 7.18. The Hall–Kier alpha value is -6.60. The smallest absolute Gasteiger partial charge is 0.166 e. The standard InChI is InChI=1S/C48H28N4S2/c1-3-14-30(15-4-1)38-27-35(26-33-19-9-10-20-36(33)38)46-50-45(31-16-5-2-6-17-31)51-47(52-46)43-42-37-21-11-12-22-40(37)53-41(42)28-39-44(43)54-48(49-39)34-24-23-29-13-7-8-18-32(29)25-34/h1-28H. The SMILES string of the molecule is c1ccc(-c2nc(-c3cc(-c4ccccc4)c4ccccc4c3)nc(-c3c4sc(-c5ccc6ccccc6c5)nc4cc4sc5ccccc5c34)n2)cc1. The van der Waals surface area contributed by atoms with Crippen LogP contribution in [0.2, 0.25) is 0 Å². The van der Waals surface area contributed by atoms with Gasteiger partial charge in [0.2, 0.25) is 0 Å². The second kappa shape index (κ2) is 12.5. The van der Waals surface area contributed by atoms with Gasteiger partial charge in [-0.05, 0) is 63.0 Å². The third kappa shape index (κ3) is 5.18. The van der Waals surface area contributed by atoms with Crippen molar-refractivity contribution in [1.82, 2.24) is 19.9 Å². The van der Waals surface area contributed by atoms with Crippen molar-refractivity contribution in [2.45, 2.75) is 0 Å². The van der Waals surface area contributed by atoms with E-state index in [-0.39, 0.29) is 0 Å². The first-order valence-electron chi connectivity index (χ1n) is 17.9. The van der Waals surface area contributed by atoms with E-state index >= 15 is 0 Å². The lowest BCUT2D eigenvalue weighted by Gasteiger charge is -2.13. The second-order valence-corrected chi connectivity index (χ2v) is 15.5. The minimum absolute atomic E-state index is 0.630. The van der Waals surface area contributed by atoms with Crippen molar-refractivity contribution in [3.05, 3.63) is 170 Å². The van der Waals surface area contributed by atoms with E-state index in [1.165, 1.54) is 26.2 Å². The number of thiazole rings is 1. The molecule has 0 unspecified atom stereocenters. The maximum atomic E-state index is 5.41. The van der Waals surface area contributed by atoms with Gasteiger partial charge in [0.05, 0.1) is 10.2 Å². The number of thiophene rings is 1. The zero-order valence-electron chi connectivity index (χ0n) is 28.8. The third-order valence-electron chi connectivity index (χ3n) is 10.1. The molecule has 54 heavy (non-hydrogen) atoms. The van der Waals surface area contributed by atoms with Gasteiger partial charge in [-0.15, -0.1) is 22.7 Å². The summed E-state index contributed by atoms with van der Waals surface area (Å²) in [5, 5.41) is 8.04. The molecule has 0 saturated heterocycles. The third-order valence-corrected chi connectivity index (χ3v) is 12.4. The summed E-state index contributed by atoms with van der Waals surface area (Å²) in [5.41, 5.74) is 7.20. The molecule has 3 aromatic heterocycles. The molecule has 0 atom stereocenters. The van der Waals surface area contributed by atoms with Crippen molar-refractivity contribution in [3.8, 4) is 55.9 Å². The molecule has 11 rings (SSSR count). The fourth-order valence-electron chi connectivity index (χ4n) is 7.56. The zero-order chi connectivity index (χ0) is 35.6. The molecular formula is C48H28N4S2. The van der Waals surface area contributed by atoms with Crippen LogP contribution in [0.1, 0.15) is 0 Å². The van der Waals surface area contributed by atoms with E-state index in [0.29, 0.717) is 17.5 Å². The van der Waals surface area contributed by atoms with Crippen molar-refractivity contribution in [1.29, 1.82) is 0 Å². The van der Waals surface area contributed by atoms with Crippen LogP contribution in [-0.4, -0.2) is 19.9 Å². The predicted octanol–water partition coefficient (Wildman–Crippen LogP) is 13.5. The number of rotatable bonds is 5. The van der Waals surface area contributed by atoms with Gasteiger partial charge in [-0.2, -0.15) is 0 Å². The largest absolute Gasteiger partial charge is 0.236 e. The zero-order valence-corrected chi connectivity index (χ0v) is 30.4. The summed E-state index contributed by atoms with van der Waals surface area (Å²) in [4.78, 5) is 21.2. The molecule has 0 amide bonds. The van der Waals surface area contributed by atoms with Gasteiger partial charge in [-0.3, -0.25) is 0 Å². The molecule has 0 spiro atoms. The van der Waals surface area contributed by atoms with Gasteiger partial charge in [0.15, 0.2) is 17.5 Å². The lowest BCUT2D eigenvalue weighted by molar-refractivity contribution is 1.08. The highest BCUT2D eigenvalue weighted by Crippen LogP contribution is 2.47. The average Bonchev–Trinajstić information content (AvgIpc) is 3.84. The molecule has 0 aliphatic rings. The van der Waals surface area contributed by atoms with Crippen LogP contribution < -0.4 is 0 Å². The molecule has 0 aliphatic heterocycles. The quantitative estimate of drug-likeness (QED) is 0.177. The lowest BCUT2D eigenvalue weighted by Crippen LogP contribution is -2.01.